The molecule has 0 fully saturated rings. The van der Waals surface area contributed by atoms with Gasteiger partial charge in [0.2, 0.25) is 0 Å². The van der Waals surface area contributed by atoms with Gasteiger partial charge in [-0.3, -0.25) is 0 Å². The maximum atomic E-state index is 4.60. The van der Waals surface area contributed by atoms with E-state index < -0.39 is 0 Å². The molecule has 0 aliphatic carbocycles. The normalized spacial score (nSPS) is 10.6. The van der Waals surface area contributed by atoms with Gasteiger partial charge >= 0.3 is 0 Å². The van der Waals surface area contributed by atoms with Crippen molar-refractivity contribution >= 4 is 0 Å². The molecule has 349 valence electrons. The Labute approximate surface area is 442 Å². The fraction of sp³-hybridized carbons (Fsp3) is 0. The molecule has 2 heterocycles. The minimum absolute atomic E-state index is 0. The largest absolute Gasteiger partial charge is 0.305 e. The Kier molecular flexibility index (Phi) is 15.0. The molecule has 10 aromatic carbocycles. The Morgan fingerprint density at radius 2 is 0.507 bits per heavy atom. The minimum Gasteiger partial charge on any atom is -0.305 e. The maximum Gasteiger partial charge on any atom is 0.0160 e. The zero-order valence-corrected chi connectivity index (χ0v) is 42.3. The summed E-state index contributed by atoms with van der Waals surface area (Å²) in [5.41, 5.74) is 22.6. The van der Waals surface area contributed by atoms with E-state index >= 15 is 0 Å². The second-order valence-corrected chi connectivity index (χ2v) is 17.6. The van der Waals surface area contributed by atoms with Crippen molar-refractivity contribution in [2.45, 2.75) is 0 Å². The number of benzene rings is 10. The monoisotopic (exact) mass is 1110 g/mol. The molecule has 12 aromatic rings. The standard InChI is InChI=1S/C59H40N.C11H8N.Ir/c1-5-17-42(18-6-1)50-33-51(43-19-7-2-8-20-43)36-55(35-50)57-39-54(48-27-15-25-46(31-48)47-26-16-28-49(32-47)59-29-13-14-30-60-59)40-58(41-57)56-37-52(44-21-9-3-10-22-44)34-53(38-56)45-23-11-4-12-24-45;1-2-6-10(7-3-1)11-8-4-5-9-12-11;/h1-27,29-41H;1-6,8-9H;/q2*-1;. The van der Waals surface area contributed by atoms with Gasteiger partial charge in [-0.1, -0.05) is 164 Å². The number of nitrogens with zero attached hydrogens (tertiary/aromatic N) is 2. The molecular weight excluding hydrogens is 1060 g/mol. The van der Waals surface area contributed by atoms with E-state index in [9.17, 15) is 0 Å². The van der Waals surface area contributed by atoms with Crippen LogP contribution in [0.1, 0.15) is 0 Å². The zero-order valence-electron chi connectivity index (χ0n) is 39.9. The first-order valence-electron chi connectivity index (χ1n) is 24.3. The number of hydrogen-bond donors (Lipinski definition) is 0. The van der Waals surface area contributed by atoms with Crippen molar-refractivity contribution in [3.63, 3.8) is 0 Å². The number of hydrogen-bond acceptors (Lipinski definition) is 2. The second-order valence-electron chi connectivity index (χ2n) is 17.6. The average molecular weight is 1110 g/mol. The summed E-state index contributed by atoms with van der Waals surface area (Å²) < 4.78 is 0. The van der Waals surface area contributed by atoms with E-state index in [1.54, 1.807) is 6.20 Å². The Morgan fingerprint density at radius 3 is 0.890 bits per heavy atom. The average Bonchev–Trinajstić information content (AvgIpc) is 3.48. The van der Waals surface area contributed by atoms with Gasteiger partial charge in [-0.2, -0.15) is 0 Å². The molecule has 0 aliphatic heterocycles. The topological polar surface area (TPSA) is 25.8 Å². The fourth-order valence-corrected chi connectivity index (χ4v) is 9.17. The van der Waals surface area contributed by atoms with E-state index in [4.69, 9.17) is 0 Å². The van der Waals surface area contributed by atoms with Crippen LogP contribution in [0, 0.1) is 12.1 Å². The van der Waals surface area contributed by atoms with Gasteiger partial charge in [-0.05, 0) is 168 Å². The predicted octanol–water partition coefficient (Wildman–Crippen LogP) is 18.4. The predicted molar refractivity (Wildman–Crippen MR) is 301 cm³/mol. The molecule has 73 heavy (non-hydrogen) atoms. The molecule has 3 heteroatoms. The third-order valence-corrected chi connectivity index (χ3v) is 12.8. The Morgan fingerprint density at radius 1 is 0.205 bits per heavy atom. The number of pyridine rings is 2. The number of aromatic nitrogens is 2. The van der Waals surface area contributed by atoms with E-state index in [0.717, 1.165) is 67.0 Å². The van der Waals surface area contributed by atoms with Crippen LogP contribution in [0.15, 0.2) is 291 Å². The summed E-state index contributed by atoms with van der Waals surface area (Å²) in [4.78, 5) is 8.81. The van der Waals surface area contributed by atoms with Gasteiger partial charge in [0.1, 0.15) is 0 Å². The SMILES string of the molecule is [Ir].[c-]1ccc(-c2cccc(-c3cc(-c4cc(-c5ccccc5)cc(-c5ccccc5)c4)cc(-c4cc(-c5ccccc5)cc(-c5ccccc5)c4)c3)c2)cc1-c1ccccn1.[c-]1ccccc1-c1ccccn1. The Hall–Kier alpha value is -8.85. The molecule has 0 bridgehead atoms. The van der Waals surface area contributed by atoms with Crippen molar-refractivity contribution in [2.75, 3.05) is 0 Å². The van der Waals surface area contributed by atoms with Crippen molar-refractivity contribution < 1.29 is 20.1 Å². The van der Waals surface area contributed by atoms with Crippen LogP contribution in [0.25, 0.3) is 112 Å². The molecule has 0 unspecified atom stereocenters. The van der Waals surface area contributed by atoms with Crippen molar-refractivity contribution in [2.24, 2.45) is 0 Å². The fourth-order valence-electron chi connectivity index (χ4n) is 9.17. The van der Waals surface area contributed by atoms with Gasteiger partial charge in [0.05, 0.1) is 0 Å². The van der Waals surface area contributed by atoms with Crippen LogP contribution in [-0.4, -0.2) is 9.97 Å². The number of rotatable bonds is 10. The smallest absolute Gasteiger partial charge is 0.0160 e. The molecule has 1 radical (unpaired) electrons. The van der Waals surface area contributed by atoms with Gasteiger partial charge < -0.3 is 9.97 Å². The molecule has 0 aliphatic rings. The first-order valence-corrected chi connectivity index (χ1v) is 24.3. The van der Waals surface area contributed by atoms with Gasteiger partial charge in [0.15, 0.2) is 0 Å². The van der Waals surface area contributed by atoms with E-state index in [-0.39, 0.29) is 20.1 Å². The van der Waals surface area contributed by atoms with Crippen molar-refractivity contribution in [3.05, 3.63) is 304 Å². The van der Waals surface area contributed by atoms with Gasteiger partial charge in [-0.25, -0.2) is 0 Å². The first-order chi connectivity index (χ1) is 35.7. The summed E-state index contributed by atoms with van der Waals surface area (Å²) in [6, 6.07) is 105. The van der Waals surface area contributed by atoms with Gasteiger partial charge in [0, 0.05) is 32.5 Å². The third kappa shape index (κ3) is 11.5. The van der Waals surface area contributed by atoms with E-state index in [1.807, 2.05) is 72.9 Å². The van der Waals surface area contributed by atoms with Crippen molar-refractivity contribution in [3.8, 4) is 112 Å². The van der Waals surface area contributed by atoms with Crippen molar-refractivity contribution in [1.29, 1.82) is 0 Å². The molecule has 2 nitrogen and oxygen atoms in total. The third-order valence-electron chi connectivity index (χ3n) is 12.8. The zero-order chi connectivity index (χ0) is 48.3. The molecule has 0 saturated heterocycles. The van der Waals surface area contributed by atoms with Crippen LogP contribution in [0.3, 0.4) is 0 Å². The summed E-state index contributed by atoms with van der Waals surface area (Å²) in [5, 5.41) is 0. The quantitative estimate of drug-likeness (QED) is 0.128. The Balaban J connectivity index is 0.000000412. The summed E-state index contributed by atoms with van der Waals surface area (Å²) >= 11 is 0. The first kappa shape index (κ1) is 47.8. The van der Waals surface area contributed by atoms with Crippen LogP contribution >= 0.6 is 0 Å². The van der Waals surface area contributed by atoms with Crippen LogP contribution in [0.2, 0.25) is 0 Å². The molecule has 0 amide bonds. The van der Waals surface area contributed by atoms with Crippen LogP contribution < -0.4 is 0 Å². The molecule has 0 saturated carbocycles. The summed E-state index contributed by atoms with van der Waals surface area (Å²) in [7, 11) is 0. The second kappa shape index (κ2) is 22.9. The van der Waals surface area contributed by atoms with Crippen LogP contribution in [0.5, 0.6) is 0 Å². The van der Waals surface area contributed by atoms with Crippen LogP contribution in [0.4, 0.5) is 0 Å². The Bertz CT molecular complexity index is 3400. The molecular formula is C70H48IrN2-2. The summed E-state index contributed by atoms with van der Waals surface area (Å²) in [6.07, 6.45) is 3.62. The van der Waals surface area contributed by atoms with Gasteiger partial charge in [-0.15, -0.1) is 71.3 Å². The maximum absolute atomic E-state index is 4.60. The van der Waals surface area contributed by atoms with E-state index in [1.165, 1.54) is 44.5 Å². The summed E-state index contributed by atoms with van der Waals surface area (Å²) in [6.45, 7) is 0. The van der Waals surface area contributed by atoms with Gasteiger partial charge in [0.25, 0.3) is 0 Å². The minimum atomic E-state index is 0. The molecule has 2 aromatic heterocycles. The van der Waals surface area contributed by atoms with Crippen LogP contribution in [-0.2, 0) is 20.1 Å². The molecule has 0 spiro atoms. The van der Waals surface area contributed by atoms with E-state index in [0.29, 0.717) is 0 Å². The summed E-state index contributed by atoms with van der Waals surface area (Å²) in [5.74, 6) is 0. The van der Waals surface area contributed by atoms with E-state index in [2.05, 4.69) is 234 Å². The molecule has 12 rings (SSSR count). The molecule has 0 atom stereocenters. The molecule has 0 N–H and O–H groups in total. The van der Waals surface area contributed by atoms with Crippen molar-refractivity contribution in [1.82, 2.24) is 9.97 Å².